The first kappa shape index (κ1) is 17.4. The van der Waals surface area contributed by atoms with E-state index in [1.807, 2.05) is 13.8 Å². The third-order valence-corrected chi connectivity index (χ3v) is 3.50. The molecule has 0 aliphatic carbocycles. The Morgan fingerprint density at radius 3 is 2.67 bits per heavy atom. The summed E-state index contributed by atoms with van der Waals surface area (Å²) in [5.41, 5.74) is 0.250. The summed E-state index contributed by atoms with van der Waals surface area (Å²) in [6, 6.07) is 1.32. The van der Waals surface area contributed by atoms with Crippen molar-refractivity contribution < 1.29 is 13.9 Å². The zero-order valence-electron chi connectivity index (χ0n) is 13.1. The molecule has 0 bridgehead atoms. The molecular weight excluding hydrogens is 273 g/mol. The van der Waals surface area contributed by atoms with Gasteiger partial charge in [0.25, 0.3) is 5.91 Å². The monoisotopic (exact) mass is 297 g/mol. The molecule has 21 heavy (non-hydrogen) atoms. The number of nitrogens with one attached hydrogen (secondary N) is 1. The van der Waals surface area contributed by atoms with E-state index in [0.29, 0.717) is 19.0 Å². The van der Waals surface area contributed by atoms with Crippen LogP contribution in [0, 0.1) is 5.82 Å². The molecule has 0 saturated heterocycles. The van der Waals surface area contributed by atoms with Gasteiger partial charge in [0, 0.05) is 26.7 Å². The molecule has 0 radical (unpaired) electrons. The van der Waals surface area contributed by atoms with E-state index in [-0.39, 0.29) is 17.5 Å². The number of aromatic nitrogens is 1. The van der Waals surface area contributed by atoms with Crippen molar-refractivity contribution >= 4 is 11.7 Å². The Morgan fingerprint density at radius 2 is 2.14 bits per heavy atom. The van der Waals surface area contributed by atoms with Crippen LogP contribution in [-0.4, -0.2) is 49.1 Å². The topological polar surface area (TPSA) is 54.5 Å². The molecule has 0 saturated carbocycles. The van der Waals surface area contributed by atoms with Gasteiger partial charge in [-0.1, -0.05) is 13.8 Å². The van der Waals surface area contributed by atoms with E-state index in [2.05, 4.69) is 10.3 Å². The molecule has 0 spiro atoms. The third-order valence-electron chi connectivity index (χ3n) is 3.50. The molecule has 118 valence electrons. The molecule has 1 heterocycles. The molecule has 0 aliphatic heterocycles. The summed E-state index contributed by atoms with van der Waals surface area (Å²) in [4.78, 5) is 18.4. The maximum absolute atomic E-state index is 13.4. The van der Waals surface area contributed by atoms with E-state index in [1.165, 1.54) is 6.07 Å². The van der Waals surface area contributed by atoms with Gasteiger partial charge in [0.05, 0.1) is 18.4 Å². The van der Waals surface area contributed by atoms with Crippen LogP contribution in [0.25, 0.3) is 0 Å². The average molecular weight is 297 g/mol. The van der Waals surface area contributed by atoms with Crippen LogP contribution in [0.2, 0.25) is 0 Å². The summed E-state index contributed by atoms with van der Waals surface area (Å²) in [5.74, 6) is -0.361. The lowest BCUT2D eigenvalue weighted by Gasteiger charge is -2.31. The fourth-order valence-corrected chi connectivity index (χ4v) is 2.33. The van der Waals surface area contributed by atoms with Gasteiger partial charge in [0.2, 0.25) is 0 Å². The highest BCUT2D eigenvalue weighted by Crippen LogP contribution is 2.19. The first-order valence-corrected chi connectivity index (χ1v) is 7.22. The minimum absolute atomic E-state index is 0.0978. The molecule has 1 rings (SSSR count). The molecule has 1 N–H and O–H groups in total. The Hall–Kier alpha value is -1.69. The number of halogens is 1. The fourth-order valence-electron chi connectivity index (χ4n) is 2.33. The highest BCUT2D eigenvalue weighted by molar-refractivity contribution is 5.98. The van der Waals surface area contributed by atoms with Crippen molar-refractivity contribution in [1.82, 2.24) is 9.88 Å². The van der Waals surface area contributed by atoms with Gasteiger partial charge < -0.3 is 15.0 Å². The molecular formula is C15H24FN3O2. The summed E-state index contributed by atoms with van der Waals surface area (Å²) in [6.45, 7) is 4.98. The largest absolute Gasteiger partial charge is 0.383 e. The zero-order chi connectivity index (χ0) is 15.8. The van der Waals surface area contributed by atoms with Crippen molar-refractivity contribution in [2.45, 2.75) is 32.7 Å². The van der Waals surface area contributed by atoms with Gasteiger partial charge in [0.1, 0.15) is 11.6 Å². The van der Waals surface area contributed by atoms with Crippen molar-refractivity contribution in [3.63, 3.8) is 0 Å². The summed E-state index contributed by atoms with van der Waals surface area (Å²) in [7, 11) is 3.26. The summed E-state index contributed by atoms with van der Waals surface area (Å²) < 4.78 is 18.5. The van der Waals surface area contributed by atoms with Crippen LogP contribution < -0.4 is 5.32 Å². The van der Waals surface area contributed by atoms with Gasteiger partial charge in [0.15, 0.2) is 0 Å². The SMILES string of the molecule is CCC(CC)N(CCOC)C(=O)c1cc(F)cnc1NC. The van der Waals surface area contributed by atoms with Crippen molar-refractivity contribution in [3.05, 3.63) is 23.6 Å². The van der Waals surface area contributed by atoms with E-state index in [9.17, 15) is 9.18 Å². The van der Waals surface area contributed by atoms with Gasteiger partial charge in [-0.2, -0.15) is 0 Å². The lowest BCUT2D eigenvalue weighted by molar-refractivity contribution is 0.0589. The molecule has 0 aliphatic rings. The Bertz CT molecular complexity index is 464. The number of amides is 1. The first-order chi connectivity index (χ1) is 10.1. The van der Waals surface area contributed by atoms with E-state index in [0.717, 1.165) is 19.0 Å². The second-order valence-corrected chi connectivity index (χ2v) is 4.76. The minimum atomic E-state index is -0.520. The number of anilines is 1. The Kier molecular flexibility index (Phi) is 7.08. The quantitative estimate of drug-likeness (QED) is 0.801. The third kappa shape index (κ3) is 4.39. The molecule has 0 fully saturated rings. The second-order valence-electron chi connectivity index (χ2n) is 4.76. The number of carbonyl (C=O) groups excluding carboxylic acids is 1. The fraction of sp³-hybridized carbons (Fsp3) is 0.600. The predicted octanol–water partition coefficient (Wildman–Crippen LogP) is 2.54. The van der Waals surface area contributed by atoms with Gasteiger partial charge in [-0.25, -0.2) is 9.37 Å². The number of nitrogens with zero attached hydrogens (tertiary/aromatic N) is 2. The van der Waals surface area contributed by atoms with Gasteiger partial charge >= 0.3 is 0 Å². The highest BCUT2D eigenvalue weighted by atomic mass is 19.1. The standard InChI is InChI=1S/C15H24FN3O2/c1-5-12(6-2)19(7-8-21-4)15(20)13-9-11(16)10-18-14(13)17-3/h9-10,12H,5-8H2,1-4H3,(H,17,18). The Morgan fingerprint density at radius 1 is 1.48 bits per heavy atom. The number of hydrogen-bond acceptors (Lipinski definition) is 4. The zero-order valence-corrected chi connectivity index (χ0v) is 13.1. The van der Waals surface area contributed by atoms with Crippen LogP contribution in [0.3, 0.4) is 0 Å². The second kappa shape index (κ2) is 8.56. The molecule has 0 aromatic carbocycles. The van der Waals surface area contributed by atoms with Crippen LogP contribution in [0.5, 0.6) is 0 Å². The molecule has 1 amide bonds. The van der Waals surface area contributed by atoms with Crippen LogP contribution in [0.15, 0.2) is 12.3 Å². The van der Waals surface area contributed by atoms with Crippen LogP contribution >= 0.6 is 0 Å². The van der Waals surface area contributed by atoms with Crippen LogP contribution in [0.4, 0.5) is 10.2 Å². The maximum Gasteiger partial charge on any atom is 0.258 e. The Balaban J connectivity index is 3.11. The normalized spacial score (nSPS) is 10.8. The highest BCUT2D eigenvalue weighted by Gasteiger charge is 2.25. The van der Waals surface area contributed by atoms with Crippen molar-refractivity contribution in [2.75, 3.05) is 32.6 Å². The number of methoxy groups -OCH3 is 1. The molecule has 6 heteroatoms. The molecule has 5 nitrogen and oxygen atoms in total. The molecule has 0 unspecified atom stereocenters. The van der Waals surface area contributed by atoms with Gasteiger partial charge in [-0.05, 0) is 18.9 Å². The van der Waals surface area contributed by atoms with E-state index >= 15 is 0 Å². The number of rotatable bonds is 8. The summed E-state index contributed by atoms with van der Waals surface area (Å²) in [5, 5.41) is 2.83. The van der Waals surface area contributed by atoms with Crippen LogP contribution in [0.1, 0.15) is 37.0 Å². The number of carbonyl (C=O) groups is 1. The predicted molar refractivity (Wildman–Crippen MR) is 81.0 cm³/mol. The van der Waals surface area contributed by atoms with E-state index in [1.54, 1.807) is 19.1 Å². The molecule has 1 aromatic heterocycles. The van der Waals surface area contributed by atoms with Gasteiger partial charge in [-0.3, -0.25) is 4.79 Å². The number of hydrogen-bond donors (Lipinski definition) is 1. The van der Waals surface area contributed by atoms with Crippen LogP contribution in [-0.2, 0) is 4.74 Å². The lowest BCUT2D eigenvalue weighted by Crippen LogP contribution is -2.42. The molecule has 0 atom stereocenters. The van der Waals surface area contributed by atoms with E-state index in [4.69, 9.17) is 4.74 Å². The number of ether oxygens (including phenoxy) is 1. The van der Waals surface area contributed by atoms with Crippen molar-refractivity contribution in [2.24, 2.45) is 0 Å². The van der Waals surface area contributed by atoms with Crippen molar-refractivity contribution in [1.29, 1.82) is 0 Å². The average Bonchev–Trinajstić information content (AvgIpc) is 2.50. The smallest absolute Gasteiger partial charge is 0.258 e. The first-order valence-electron chi connectivity index (χ1n) is 7.22. The maximum atomic E-state index is 13.4. The lowest BCUT2D eigenvalue weighted by atomic mass is 10.1. The summed E-state index contributed by atoms with van der Waals surface area (Å²) >= 11 is 0. The Labute approximate surface area is 125 Å². The number of pyridine rings is 1. The molecule has 1 aromatic rings. The van der Waals surface area contributed by atoms with Gasteiger partial charge in [-0.15, -0.1) is 0 Å². The van der Waals surface area contributed by atoms with E-state index < -0.39 is 5.82 Å². The minimum Gasteiger partial charge on any atom is -0.383 e. The van der Waals surface area contributed by atoms with Crippen molar-refractivity contribution in [3.8, 4) is 0 Å². The summed E-state index contributed by atoms with van der Waals surface area (Å²) in [6.07, 6.45) is 2.77.